The van der Waals surface area contributed by atoms with Crippen LogP contribution in [-0.2, 0) is 0 Å². The molecule has 2 rings (SSSR count). The maximum atomic E-state index is 11.8. The van der Waals surface area contributed by atoms with Crippen LogP contribution in [0.15, 0.2) is 47.4 Å². The predicted octanol–water partition coefficient (Wildman–Crippen LogP) is 2.00. The summed E-state index contributed by atoms with van der Waals surface area (Å²) in [5.74, 6) is 1.03. The minimum absolute atomic E-state index is 0.121. The summed E-state index contributed by atoms with van der Waals surface area (Å²) in [4.78, 5) is 11.8. The van der Waals surface area contributed by atoms with Crippen molar-refractivity contribution in [3.63, 3.8) is 0 Å². The number of pyridine rings is 1. The Morgan fingerprint density at radius 3 is 2.57 bits per heavy atom. The minimum Gasteiger partial charge on any atom is -0.493 e. The largest absolute Gasteiger partial charge is 0.493 e. The van der Waals surface area contributed by atoms with Crippen LogP contribution in [0, 0.1) is 0 Å². The van der Waals surface area contributed by atoms with Crippen LogP contribution in [0.3, 0.4) is 0 Å². The van der Waals surface area contributed by atoms with Gasteiger partial charge in [-0.1, -0.05) is 6.07 Å². The highest BCUT2D eigenvalue weighted by molar-refractivity contribution is 5.49. The molecular weight excluding hydrogens is 270 g/mol. The zero-order valence-electron chi connectivity index (χ0n) is 12.4. The second kappa shape index (κ2) is 6.01. The molecule has 5 nitrogen and oxygen atoms in total. The van der Waals surface area contributed by atoms with E-state index in [1.807, 2.05) is 0 Å². The third kappa shape index (κ3) is 3.86. The molecule has 0 aliphatic heterocycles. The highest BCUT2D eigenvalue weighted by Crippen LogP contribution is 2.29. The molecule has 112 valence electrons. The van der Waals surface area contributed by atoms with Crippen molar-refractivity contribution in [2.24, 2.45) is 0 Å². The quantitative estimate of drug-likeness (QED) is 0.914. The topological polar surface area (TPSA) is 60.7 Å². The molecule has 0 unspecified atom stereocenters. The lowest BCUT2D eigenvalue weighted by Gasteiger charge is -2.19. The molecule has 1 aromatic carbocycles. The Bertz CT molecular complexity index is 670. The van der Waals surface area contributed by atoms with Crippen LogP contribution in [0.1, 0.15) is 13.8 Å². The second-order valence-electron chi connectivity index (χ2n) is 5.35. The summed E-state index contributed by atoms with van der Waals surface area (Å²) in [6, 6.07) is 10.2. The Morgan fingerprint density at radius 1 is 1.19 bits per heavy atom. The molecule has 0 fully saturated rings. The molecule has 2 aromatic rings. The van der Waals surface area contributed by atoms with Gasteiger partial charge in [-0.3, -0.25) is 9.36 Å². The number of rotatable bonds is 5. The standard InChI is InChI=1S/C16H19NO4/c1-16(2,19)11-21-13-8-7-12(10-14(13)20-3)17-9-5-4-6-15(17)18/h4-10,19H,11H2,1-3H3. The van der Waals surface area contributed by atoms with E-state index < -0.39 is 5.60 Å². The van der Waals surface area contributed by atoms with Gasteiger partial charge in [-0.15, -0.1) is 0 Å². The van der Waals surface area contributed by atoms with E-state index in [0.717, 1.165) is 0 Å². The van der Waals surface area contributed by atoms with Crippen molar-refractivity contribution >= 4 is 0 Å². The zero-order chi connectivity index (χ0) is 15.5. The van der Waals surface area contributed by atoms with Gasteiger partial charge in [0.2, 0.25) is 0 Å². The minimum atomic E-state index is -0.931. The first-order chi connectivity index (χ1) is 9.90. The van der Waals surface area contributed by atoms with E-state index in [1.54, 1.807) is 50.4 Å². The number of hydrogen-bond donors (Lipinski definition) is 1. The fourth-order valence-corrected chi connectivity index (χ4v) is 1.82. The Kier molecular flexibility index (Phi) is 4.33. The first kappa shape index (κ1) is 15.1. The van der Waals surface area contributed by atoms with E-state index in [4.69, 9.17) is 9.47 Å². The molecule has 0 saturated carbocycles. The first-order valence-electron chi connectivity index (χ1n) is 6.62. The van der Waals surface area contributed by atoms with Crippen LogP contribution in [-0.4, -0.2) is 29.0 Å². The van der Waals surface area contributed by atoms with Gasteiger partial charge in [-0.25, -0.2) is 0 Å². The molecule has 0 aliphatic rings. The maximum Gasteiger partial charge on any atom is 0.255 e. The average Bonchev–Trinajstić information content (AvgIpc) is 2.44. The van der Waals surface area contributed by atoms with Crippen molar-refractivity contribution in [1.82, 2.24) is 4.57 Å². The van der Waals surface area contributed by atoms with E-state index in [-0.39, 0.29) is 12.2 Å². The van der Waals surface area contributed by atoms with Crippen LogP contribution in [0.25, 0.3) is 5.69 Å². The third-order valence-corrected chi connectivity index (χ3v) is 2.83. The highest BCUT2D eigenvalue weighted by Gasteiger charge is 2.15. The van der Waals surface area contributed by atoms with Crippen LogP contribution < -0.4 is 15.0 Å². The molecule has 0 spiro atoms. The Balaban J connectivity index is 2.33. The zero-order valence-corrected chi connectivity index (χ0v) is 12.4. The van der Waals surface area contributed by atoms with Crippen molar-refractivity contribution in [2.45, 2.75) is 19.4 Å². The summed E-state index contributed by atoms with van der Waals surface area (Å²) >= 11 is 0. The van der Waals surface area contributed by atoms with E-state index in [9.17, 15) is 9.90 Å². The lowest BCUT2D eigenvalue weighted by atomic mass is 10.2. The van der Waals surface area contributed by atoms with Crippen LogP contribution in [0.4, 0.5) is 0 Å². The van der Waals surface area contributed by atoms with Crippen molar-refractivity contribution in [2.75, 3.05) is 13.7 Å². The van der Waals surface area contributed by atoms with Gasteiger partial charge in [0.15, 0.2) is 11.5 Å². The van der Waals surface area contributed by atoms with Crippen LogP contribution in [0.5, 0.6) is 11.5 Å². The SMILES string of the molecule is COc1cc(-n2ccccc2=O)ccc1OCC(C)(C)O. The Hall–Kier alpha value is -2.27. The van der Waals surface area contributed by atoms with Gasteiger partial charge >= 0.3 is 0 Å². The average molecular weight is 289 g/mol. The molecule has 1 aromatic heterocycles. The summed E-state index contributed by atoms with van der Waals surface area (Å²) in [6.45, 7) is 3.47. The third-order valence-electron chi connectivity index (χ3n) is 2.83. The van der Waals surface area contributed by atoms with Gasteiger partial charge in [0.1, 0.15) is 6.61 Å². The number of methoxy groups -OCH3 is 1. The predicted molar refractivity (Wildman–Crippen MR) is 80.4 cm³/mol. The summed E-state index contributed by atoms with van der Waals surface area (Å²) in [5, 5.41) is 9.70. The number of benzene rings is 1. The molecule has 0 saturated heterocycles. The van der Waals surface area contributed by atoms with E-state index in [1.165, 1.54) is 17.7 Å². The van der Waals surface area contributed by atoms with Crippen LogP contribution >= 0.6 is 0 Å². The Morgan fingerprint density at radius 2 is 1.95 bits per heavy atom. The summed E-state index contributed by atoms with van der Waals surface area (Å²) < 4.78 is 12.4. The number of ether oxygens (including phenoxy) is 2. The van der Waals surface area contributed by atoms with Gasteiger partial charge in [-0.2, -0.15) is 0 Å². The molecule has 0 radical (unpaired) electrons. The number of hydrogen-bond acceptors (Lipinski definition) is 4. The van der Waals surface area contributed by atoms with E-state index in [2.05, 4.69) is 0 Å². The number of nitrogens with zero attached hydrogens (tertiary/aromatic N) is 1. The van der Waals surface area contributed by atoms with Crippen molar-refractivity contribution in [3.05, 3.63) is 52.9 Å². The van der Waals surface area contributed by atoms with Gasteiger partial charge in [0.25, 0.3) is 5.56 Å². The Labute approximate surface area is 123 Å². The van der Waals surface area contributed by atoms with Crippen molar-refractivity contribution < 1.29 is 14.6 Å². The van der Waals surface area contributed by atoms with Gasteiger partial charge in [-0.05, 0) is 32.0 Å². The second-order valence-corrected chi connectivity index (χ2v) is 5.35. The van der Waals surface area contributed by atoms with Crippen molar-refractivity contribution in [3.8, 4) is 17.2 Å². The molecule has 0 bridgehead atoms. The first-order valence-corrected chi connectivity index (χ1v) is 6.62. The smallest absolute Gasteiger partial charge is 0.255 e. The van der Waals surface area contributed by atoms with E-state index in [0.29, 0.717) is 17.2 Å². The van der Waals surface area contributed by atoms with Gasteiger partial charge in [0.05, 0.1) is 18.4 Å². The lowest BCUT2D eigenvalue weighted by Crippen LogP contribution is -2.28. The summed E-state index contributed by atoms with van der Waals surface area (Å²) in [7, 11) is 1.53. The monoisotopic (exact) mass is 289 g/mol. The normalized spacial score (nSPS) is 11.2. The van der Waals surface area contributed by atoms with Gasteiger partial charge in [0, 0.05) is 18.3 Å². The molecule has 0 amide bonds. The molecular formula is C16H19NO4. The summed E-state index contributed by atoms with van der Waals surface area (Å²) in [6.07, 6.45) is 1.69. The maximum absolute atomic E-state index is 11.8. The van der Waals surface area contributed by atoms with E-state index >= 15 is 0 Å². The molecule has 0 aliphatic carbocycles. The molecule has 0 atom stereocenters. The van der Waals surface area contributed by atoms with Crippen LogP contribution in [0.2, 0.25) is 0 Å². The van der Waals surface area contributed by atoms with Gasteiger partial charge < -0.3 is 14.6 Å². The fourth-order valence-electron chi connectivity index (χ4n) is 1.82. The highest BCUT2D eigenvalue weighted by atomic mass is 16.5. The number of aliphatic hydroxyl groups is 1. The molecule has 5 heteroatoms. The summed E-state index contributed by atoms with van der Waals surface area (Å²) in [5.41, 5.74) is -0.363. The number of aromatic nitrogens is 1. The molecule has 1 N–H and O–H groups in total. The van der Waals surface area contributed by atoms with Crippen molar-refractivity contribution in [1.29, 1.82) is 0 Å². The molecule has 1 heterocycles. The lowest BCUT2D eigenvalue weighted by molar-refractivity contribution is 0.0276. The molecule has 21 heavy (non-hydrogen) atoms. The fraction of sp³-hybridized carbons (Fsp3) is 0.312.